The Morgan fingerprint density at radius 2 is 2.47 bits per heavy atom. The van der Waals surface area contributed by atoms with Crippen molar-refractivity contribution in [2.45, 2.75) is 18.6 Å². The summed E-state index contributed by atoms with van der Waals surface area (Å²) in [6.07, 6.45) is -0.506. The summed E-state index contributed by atoms with van der Waals surface area (Å²) in [6.45, 7) is 2.81. The molecule has 1 rings (SSSR count). The highest BCUT2D eigenvalue weighted by Gasteiger charge is 2.25. The molecular weight excluding hydrogens is 200 g/mol. The number of rotatable bonds is 4. The summed E-state index contributed by atoms with van der Waals surface area (Å²) in [5.74, 6) is -0.268. The van der Waals surface area contributed by atoms with Gasteiger partial charge in [-0.15, -0.1) is 0 Å². The number of aliphatic hydroxyl groups excluding tert-OH is 1. The first kappa shape index (κ1) is 12.4. The second-order valence-corrected chi connectivity index (χ2v) is 3.94. The molecule has 2 atom stereocenters. The van der Waals surface area contributed by atoms with Gasteiger partial charge in [-0.05, 0) is 6.92 Å². The largest absolute Gasteiger partial charge is 0.393 e. The fourth-order valence-electron chi connectivity index (χ4n) is 1.18. The van der Waals surface area contributed by atoms with Crippen LogP contribution >= 0.6 is 0 Å². The number of nitrogens with one attached hydrogen (secondary N) is 2. The van der Waals surface area contributed by atoms with Crippen LogP contribution in [0.5, 0.6) is 0 Å². The molecule has 6 nitrogen and oxygen atoms in total. The molecule has 0 aromatic carbocycles. The molecule has 0 aromatic rings. The molecule has 15 heavy (non-hydrogen) atoms. The summed E-state index contributed by atoms with van der Waals surface area (Å²) >= 11 is 0. The van der Waals surface area contributed by atoms with E-state index >= 15 is 0 Å². The number of aliphatic hydroxyl groups is 2. The van der Waals surface area contributed by atoms with Gasteiger partial charge in [-0.3, -0.25) is 4.79 Å². The number of carbonyl (C=O) groups excluding carboxylic acids is 1. The summed E-state index contributed by atoms with van der Waals surface area (Å²) < 4.78 is 5.22. The Morgan fingerprint density at radius 3 is 3.00 bits per heavy atom. The predicted octanol–water partition coefficient (Wildman–Crippen LogP) is -2.17. The van der Waals surface area contributed by atoms with Crippen molar-refractivity contribution in [2.24, 2.45) is 0 Å². The standard InChI is InChI=1S/C9H18N2O4/c1-9(14,6-12)5-11-8(13)7-4-10-2-3-15-7/h7,10,12,14H,2-6H2,1H3,(H,11,13). The molecule has 0 aliphatic carbocycles. The van der Waals surface area contributed by atoms with Gasteiger partial charge in [-0.25, -0.2) is 0 Å². The van der Waals surface area contributed by atoms with Crippen molar-refractivity contribution in [3.63, 3.8) is 0 Å². The maximum atomic E-state index is 11.5. The molecule has 4 N–H and O–H groups in total. The van der Waals surface area contributed by atoms with E-state index in [1.807, 2.05) is 0 Å². The van der Waals surface area contributed by atoms with Gasteiger partial charge < -0.3 is 25.6 Å². The van der Waals surface area contributed by atoms with Gasteiger partial charge in [-0.2, -0.15) is 0 Å². The molecule has 0 bridgehead atoms. The van der Waals surface area contributed by atoms with Crippen LogP contribution in [-0.2, 0) is 9.53 Å². The van der Waals surface area contributed by atoms with E-state index in [1.165, 1.54) is 6.92 Å². The van der Waals surface area contributed by atoms with E-state index in [0.717, 1.165) is 6.54 Å². The number of amides is 1. The second kappa shape index (κ2) is 5.41. The SMILES string of the molecule is CC(O)(CO)CNC(=O)C1CNCCO1. The van der Waals surface area contributed by atoms with Crippen LogP contribution in [0.1, 0.15) is 6.92 Å². The van der Waals surface area contributed by atoms with Crippen LogP contribution in [0.25, 0.3) is 0 Å². The van der Waals surface area contributed by atoms with Crippen molar-refractivity contribution >= 4 is 5.91 Å². The topological polar surface area (TPSA) is 90.8 Å². The highest BCUT2D eigenvalue weighted by atomic mass is 16.5. The van der Waals surface area contributed by atoms with Gasteiger partial charge in [0.25, 0.3) is 5.91 Å². The third-order valence-electron chi connectivity index (χ3n) is 2.20. The van der Waals surface area contributed by atoms with Crippen molar-refractivity contribution in [3.05, 3.63) is 0 Å². The number of carbonyl (C=O) groups is 1. The molecule has 88 valence electrons. The summed E-state index contributed by atoms with van der Waals surface area (Å²) in [5, 5.41) is 23.8. The van der Waals surface area contributed by atoms with Crippen LogP contribution in [0.2, 0.25) is 0 Å². The van der Waals surface area contributed by atoms with E-state index in [1.54, 1.807) is 0 Å². The van der Waals surface area contributed by atoms with E-state index in [9.17, 15) is 9.90 Å². The maximum absolute atomic E-state index is 11.5. The van der Waals surface area contributed by atoms with Gasteiger partial charge in [0.1, 0.15) is 11.7 Å². The maximum Gasteiger partial charge on any atom is 0.250 e. The molecule has 1 fully saturated rings. The highest BCUT2D eigenvalue weighted by Crippen LogP contribution is 2.00. The Morgan fingerprint density at radius 1 is 1.73 bits per heavy atom. The molecule has 0 spiro atoms. The molecule has 0 radical (unpaired) electrons. The third kappa shape index (κ3) is 4.13. The zero-order chi connectivity index (χ0) is 11.3. The molecule has 1 aliphatic heterocycles. The number of ether oxygens (including phenoxy) is 1. The molecule has 1 amide bonds. The van der Waals surface area contributed by atoms with E-state index in [-0.39, 0.29) is 12.5 Å². The number of hydrogen-bond donors (Lipinski definition) is 4. The van der Waals surface area contributed by atoms with Gasteiger partial charge in [0.15, 0.2) is 0 Å². The Bertz CT molecular complexity index is 214. The summed E-state index contributed by atoms with van der Waals surface area (Å²) in [7, 11) is 0. The average Bonchev–Trinajstić information content (AvgIpc) is 2.27. The minimum atomic E-state index is -1.28. The fraction of sp³-hybridized carbons (Fsp3) is 0.889. The van der Waals surface area contributed by atoms with Crippen LogP contribution < -0.4 is 10.6 Å². The van der Waals surface area contributed by atoms with Crippen LogP contribution in [0, 0.1) is 0 Å². The van der Waals surface area contributed by atoms with Crippen LogP contribution in [0.3, 0.4) is 0 Å². The lowest BCUT2D eigenvalue weighted by molar-refractivity contribution is -0.135. The number of morpholine rings is 1. The molecule has 1 aliphatic rings. The highest BCUT2D eigenvalue weighted by molar-refractivity contribution is 5.81. The van der Waals surface area contributed by atoms with Crippen LogP contribution in [0.15, 0.2) is 0 Å². The second-order valence-electron chi connectivity index (χ2n) is 3.94. The monoisotopic (exact) mass is 218 g/mol. The van der Waals surface area contributed by atoms with Gasteiger partial charge in [0, 0.05) is 19.6 Å². The van der Waals surface area contributed by atoms with Gasteiger partial charge in [-0.1, -0.05) is 0 Å². The smallest absolute Gasteiger partial charge is 0.250 e. The van der Waals surface area contributed by atoms with Crippen LogP contribution in [-0.4, -0.2) is 60.7 Å². The van der Waals surface area contributed by atoms with E-state index in [4.69, 9.17) is 9.84 Å². The quantitative estimate of drug-likeness (QED) is 0.431. The third-order valence-corrected chi connectivity index (χ3v) is 2.20. The normalized spacial score (nSPS) is 25.7. The van der Waals surface area contributed by atoms with E-state index in [0.29, 0.717) is 13.2 Å². The van der Waals surface area contributed by atoms with Crippen molar-refractivity contribution in [1.82, 2.24) is 10.6 Å². The molecule has 1 saturated heterocycles. The average molecular weight is 218 g/mol. The first-order valence-electron chi connectivity index (χ1n) is 4.98. The first-order valence-corrected chi connectivity index (χ1v) is 4.98. The van der Waals surface area contributed by atoms with Crippen LogP contribution in [0.4, 0.5) is 0 Å². The van der Waals surface area contributed by atoms with E-state index in [2.05, 4.69) is 10.6 Å². The van der Waals surface area contributed by atoms with Crippen molar-refractivity contribution in [1.29, 1.82) is 0 Å². The zero-order valence-electron chi connectivity index (χ0n) is 8.82. The lowest BCUT2D eigenvalue weighted by atomic mass is 10.1. The Hall–Kier alpha value is -0.690. The van der Waals surface area contributed by atoms with Gasteiger partial charge in [0.2, 0.25) is 0 Å². The minimum Gasteiger partial charge on any atom is -0.393 e. The predicted molar refractivity (Wildman–Crippen MR) is 53.3 cm³/mol. The molecule has 0 saturated carbocycles. The zero-order valence-corrected chi connectivity index (χ0v) is 8.82. The molecule has 0 aromatic heterocycles. The minimum absolute atomic E-state index is 0.0161. The first-order chi connectivity index (χ1) is 7.05. The fourth-order valence-corrected chi connectivity index (χ4v) is 1.18. The lowest BCUT2D eigenvalue weighted by Gasteiger charge is -2.25. The summed E-state index contributed by atoms with van der Waals surface area (Å²) in [6, 6.07) is 0. The molecule has 6 heteroatoms. The Kier molecular flexibility index (Phi) is 4.46. The summed E-state index contributed by atoms with van der Waals surface area (Å²) in [4.78, 5) is 11.5. The molecule has 1 heterocycles. The van der Waals surface area contributed by atoms with Gasteiger partial charge in [0.05, 0.1) is 13.2 Å². The van der Waals surface area contributed by atoms with Crippen molar-refractivity contribution < 1.29 is 19.7 Å². The summed E-state index contributed by atoms with van der Waals surface area (Å²) in [5.41, 5.74) is -1.28. The Labute approximate surface area is 88.6 Å². The van der Waals surface area contributed by atoms with Crippen molar-refractivity contribution in [2.75, 3.05) is 32.8 Å². The van der Waals surface area contributed by atoms with Crippen molar-refractivity contribution in [3.8, 4) is 0 Å². The van der Waals surface area contributed by atoms with E-state index < -0.39 is 18.3 Å². The number of hydrogen-bond acceptors (Lipinski definition) is 5. The molecular formula is C9H18N2O4. The Balaban J connectivity index is 2.28. The molecule has 2 unspecified atom stereocenters. The van der Waals surface area contributed by atoms with Gasteiger partial charge >= 0.3 is 0 Å². The lowest BCUT2D eigenvalue weighted by Crippen LogP contribution is -2.51.